The molecule has 0 fully saturated rings. The Bertz CT molecular complexity index is 1350. The summed E-state index contributed by atoms with van der Waals surface area (Å²) in [6.07, 6.45) is -2.38. The highest BCUT2D eigenvalue weighted by Crippen LogP contribution is 2.36. The number of hydrogen-bond donors (Lipinski definition) is 2. The maximum absolute atomic E-state index is 14.8. The number of benzene rings is 1. The lowest BCUT2D eigenvalue weighted by Gasteiger charge is -2.13. The highest BCUT2D eigenvalue weighted by atomic mass is 19.4. The highest BCUT2D eigenvalue weighted by Gasteiger charge is 2.35. The standard InChI is InChI=1S/C22H17F4N5O2/c1-11-16-7-13(9-27-20(16)31-30-11)15-4-3-12(5-18(15)23)6-19(32)29-14-8-17(22(24,25)26)21(33-2)28-10-14/h3-5,7-10H,6H2,1-2H3,(H,29,32)(H,27,30,31). The molecule has 3 aromatic heterocycles. The molecule has 0 atom stereocenters. The van der Waals surface area contributed by atoms with Crippen molar-refractivity contribution in [2.75, 3.05) is 12.4 Å². The van der Waals surface area contributed by atoms with Gasteiger partial charge in [0.25, 0.3) is 0 Å². The van der Waals surface area contributed by atoms with E-state index in [1.807, 2.05) is 0 Å². The molecule has 0 radical (unpaired) electrons. The number of anilines is 1. The number of fused-ring (bicyclic) bond motifs is 1. The van der Waals surface area contributed by atoms with Crippen LogP contribution < -0.4 is 10.1 Å². The summed E-state index contributed by atoms with van der Waals surface area (Å²) in [5.41, 5.74) is 1.24. The zero-order chi connectivity index (χ0) is 23.8. The van der Waals surface area contributed by atoms with Crippen molar-refractivity contribution in [3.63, 3.8) is 0 Å². The normalized spacial score (nSPS) is 11.6. The Hall–Kier alpha value is -4.02. The zero-order valence-electron chi connectivity index (χ0n) is 17.4. The van der Waals surface area contributed by atoms with E-state index < -0.39 is 29.3 Å². The Labute approximate surface area is 184 Å². The molecule has 0 aliphatic carbocycles. The molecule has 0 aliphatic rings. The molecule has 0 saturated carbocycles. The number of methoxy groups -OCH3 is 1. The number of hydrogen-bond acceptors (Lipinski definition) is 5. The van der Waals surface area contributed by atoms with E-state index in [0.717, 1.165) is 30.5 Å². The smallest absolute Gasteiger partial charge is 0.421 e. The predicted octanol–water partition coefficient (Wildman–Crippen LogP) is 4.68. The predicted molar refractivity (Wildman–Crippen MR) is 112 cm³/mol. The van der Waals surface area contributed by atoms with Crippen LogP contribution in [0, 0.1) is 12.7 Å². The maximum atomic E-state index is 14.8. The second kappa shape index (κ2) is 8.49. The van der Waals surface area contributed by atoms with Gasteiger partial charge < -0.3 is 10.1 Å². The summed E-state index contributed by atoms with van der Waals surface area (Å²) in [7, 11) is 1.07. The van der Waals surface area contributed by atoms with Gasteiger partial charge in [-0.2, -0.15) is 18.3 Å². The summed E-state index contributed by atoms with van der Waals surface area (Å²) in [6.45, 7) is 1.80. The Balaban J connectivity index is 1.51. The molecule has 0 spiro atoms. The Morgan fingerprint density at radius 1 is 1.15 bits per heavy atom. The molecule has 11 heteroatoms. The van der Waals surface area contributed by atoms with Crippen LogP contribution in [0.3, 0.4) is 0 Å². The van der Waals surface area contributed by atoms with Crippen molar-refractivity contribution in [1.82, 2.24) is 20.2 Å². The molecule has 170 valence electrons. The van der Waals surface area contributed by atoms with Crippen LogP contribution in [0.4, 0.5) is 23.2 Å². The molecule has 0 aliphatic heterocycles. The number of halogens is 4. The first-order chi connectivity index (χ1) is 15.7. The lowest BCUT2D eigenvalue weighted by molar-refractivity contribution is -0.139. The summed E-state index contributed by atoms with van der Waals surface area (Å²) in [6, 6.07) is 6.79. The Morgan fingerprint density at radius 3 is 2.64 bits per heavy atom. The SMILES string of the molecule is COc1ncc(NC(=O)Cc2ccc(-c3cnc4[nH]nc(C)c4c3)c(F)c2)cc1C(F)(F)F. The van der Waals surface area contributed by atoms with E-state index in [4.69, 9.17) is 0 Å². The minimum absolute atomic E-state index is 0.153. The van der Waals surface area contributed by atoms with Crippen LogP contribution >= 0.6 is 0 Å². The molecule has 3 heterocycles. The number of H-pyrrole nitrogens is 1. The Morgan fingerprint density at radius 2 is 1.94 bits per heavy atom. The van der Waals surface area contributed by atoms with Crippen LogP contribution in [0.15, 0.2) is 42.7 Å². The van der Waals surface area contributed by atoms with E-state index in [0.29, 0.717) is 22.3 Å². The number of aromatic nitrogens is 4. The van der Waals surface area contributed by atoms with E-state index in [-0.39, 0.29) is 12.1 Å². The van der Waals surface area contributed by atoms with E-state index in [1.54, 1.807) is 19.1 Å². The van der Waals surface area contributed by atoms with Gasteiger partial charge in [0.1, 0.15) is 11.4 Å². The number of amides is 1. The first-order valence-corrected chi connectivity index (χ1v) is 9.66. The van der Waals surface area contributed by atoms with Gasteiger partial charge in [-0.1, -0.05) is 12.1 Å². The number of nitrogens with zero attached hydrogens (tertiary/aromatic N) is 3. The summed E-state index contributed by atoms with van der Waals surface area (Å²) in [5.74, 6) is -1.79. The number of aryl methyl sites for hydroxylation is 1. The second-order valence-corrected chi connectivity index (χ2v) is 7.25. The molecule has 2 N–H and O–H groups in total. The number of rotatable bonds is 5. The van der Waals surface area contributed by atoms with Crippen molar-refractivity contribution in [1.29, 1.82) is 0 Å². The van der Waals surface area contributed by atoms with E-state index in [2.05, 4.69) is 30.2 Å². The molecule has 4 aromatic rings. The van der Waals surface area contributed by atoms with Gasteiger partial charge in [0.2, 0.25) is 11.8 Å². The third-order valence-electron chi connectivity index (χ3n) is 4.95. The lowest BCUT2D eigenvalue weighted by Crippen LogP contribution is -2.16. The van der Waals surface area contributed by atoms with Gasteiger partial charge in [-0.3, -0.25) is 9.89 Å². The number of pyridine rings is 2. The summed E-state index contributed by atoms with van der Waals surface area (Å²) >= 11 is 0. The minimum atomic E-state index is -4.70. The van der Waals surface area contributed by atoms with Crippen molar-refractivity contribution >= 4 is 22.6 Å². The van der Waals surface area contributed by atoms with E-state index >= 15 is 0 Å². The Kier molecular flexibility index (Phi) is 5.71. The zero-order valence-corrected chi connectivity index (χ0v) is 17.4. The molecule has 7 nitrogen and oxygen atoms in total. The van der Waals surface area contributed by atoms with Gasteiger partial charge in [0.05, 0.1) is 31.1 Å². The fourth-order valence-electron chi connectivity index (χ4n) is 3.35. The van der Waals surface area contributed by atoms with Crippen molar-refractivity contribution in [2.45, 2.75) is 19.5 Å². The molecular weight excluding hydrogens is 442 g/mol. The molecule has 1 aromatic carbocycles. The number of aromatic amines is 1. The largest absolute Gasteiger partial charge is 0.481 e. The second-order valence-electron chi connectivity index (χ2n) is 7.25. The van der Waals surface area contributed by atoms with Gasteiger partial charge >= 0.3 is 6.18 Å². The topological polar surface area (TPSA) is 92.8 Å². The molecular formula is C22H17F4N5O2. The van der Waals surface area contributed by atoms with Crippen molar-refractivity contribution in [2.24, 2.45) is 0 Å². The summed E-state index contributed by atoms with van der Waals surface area (Å²) < 4.78 is 58.8. The first kappa shape index (κ1) is 22.2. The molecule has 0 saturated heterocycles. The number of carbonyl (C=O) groups excluding carboxylic acids is 1. The van der Waals surface area contributed by atoms with Crippen LogP contribution in [0.25, 0.3) is 22.2 Å². The van der Waals surface area contributed by atoms with Gasteiger partial charge in [0.15, 0.2) is 5.65 Å². The fourth-order valence-corrected chi connectivity index (χ4v) is 3.35. The fraction of sp³-hybridized carbons (Fsp3) is 0.182. The molecule has 33 heavy (non-hydrogen) atoms. The third-order valence-corrected chi connectivity index (χ3v) is 4.95. The highest BCUT2D eigenvalue weighted by molar-refractivity contribution is 5.92. The van der Waals surface area contributed by atoms with Crippen LogP contribution in [-0.4, -0.2) is 33.2 Å². The van der Waals surface area contributed by atoms with Crippen molar-refractivity contribution in [3.8, 4) is 17.0 Å². The van der Waals surface area contributed by atoms with Crippen molar-refractivity contribution in [3.05, 3.63) is 65.4 Å². The van der Waals surface area contributed by atoms with Gasteiger partial charge in [0, 0.05) is 22.7 Å². The van der Waals surface area contributed by atoms with E-state index in [1.165, 1.54) is 18.3 Å². The molecule has 0 unspecified atom stereocenters. The van der Waals surface area contributed by atoms with Crippen molar-refractivity contribution < 1.29 is 27.1 Å². The third kappa shape index (κ3) is 4.61. The van der Waals surface area contributed by atoms with E-state index in [9.17, 15) is 22.4 Å². The summed E-state index contributed by atoms with van der Waals surface area (Å²) in [5, 5.41) is 9.95. The minimum Gasteiger partial charge on any atom is -0.481 e. The number of carbonyl (C=O) groups is 1. The van der Waals surface area contributed by atoms with Crippen LogP contribution in [0.5, 0.6) is 5.88 Å². The number of nitrogens with one attached hydrogen (secondary N) is 2. The molecule has 4 rings (SSSR count). The lowest BCUT2D eigenvalue weighted by atomic mass is 10.0. The van der Waals surface area contributed by atoms with Gasteiger partial charge in [-0.25, -0.2) is 14.4 Å². The number of ether oxygens (including phenoxy) is 1. The monoisotopic (exact) mass is 459 g/mol. The summed E-state index contributed by atoms with van der Waals surface area (Å²) in [4.78, 5) is 20.1. The quantitative estimate of drug-likeness (QED) is 0.423. The van der Waals surface area contributed by atoms with Gasteiger partial charge in [-0.05, 0) is 30.7 Å². The van der Waals surface area contributed by atoms with Crippen LogP contribution in [-0.2, 0) is 17.4 Å². The first-order valence-electron chi connectivity index (χ1n) is 9.66. The molecule has 0 bridgehead atoms. The van der Waals surface area contributed by atoms with Crippen LogP contribution in [0.2, 0.25) is 0 Å². The molecule has 1 amide bonds. The average Bonchev–Trinajstić information content (AvgIpc) is 3.13. The van der Waals surface area contributed by atoms with Gasteiger partial charge in [-0.15, -0.1) is 0 Å². The van der Waals surface area contributed by atoms with Crippen LogP contribution in [0.1, 0.15) is 16.8 Å². The average molecular weight is 459 g/mol. The number of alkyl halides is 3. The maximum Gasteiger partial charge on any atom is 0.421 e.